The molecule has 0 aromatic carbocycles. The van der Waals surface area contributed by atoms with Crippen LogP contribution in [0.3, 0.4) is 0 Å². The molecule has 1 amide bonds. The fourth-order valence-corrected chi connectivity index (χ4v) is 4.46. The molecule has 2 aliphatic heterocycles. The van der Waals surface area contributed by atoms with Crippen molar-refractivity contribution in [3.05, 3.63) is 10.8 Å². The molecule has 0 N–H and O–H groups in total. The molecule has 2 saturated heterocycles. The van der Waals surface area contributed by atoms with E-state index in [-0.39, 0.29) is 5.91 Å². The van der Waals surface area contributed by atoms with Crippen molar-refractivity contribution in [1.82, 2.24) is 24.7 Å². The van der Waals surface area contributed by atoms with Gasteiger partial charge in [-0.2, -0.15) is 9.61 Å². The SMILES string of the molecule is O=C(CCc1nn2c(C3CC3)nnc2s1)N1CCC2(CC1)OCCO2. The quantitative estimate of drug-likeness (QED) is 0.816. The lowest BCUT2D eigenvalue weighted by atomic mass is 10.0. The molecule has 9 heteroatoms. The third kappa shape index (κ3) is 2.94. The number of aromatic nitrogens is 4. The summed E-state index contributed by atoms with van der Waals surface area (Å²) in [5.74, 6) is 1.25. The molecule has 0 radical (unpaired) electrons. The van der Waals surface area contributed by atoms with Gasteiger partial charge in [0.05, 0.1) is 13.2 Å². The Hall–Kier alpha value is -1.58. The van der Waals surface area contributed by atoms with Gasteiger partial charge in [0.15, 0.2) is 11.6 Å². The molecule has 2 aromatic rings. The second-order valence-corrected chi connectivity index (χ2v) is 8.05. The maximum absolute atomic E-state index is 12.5. The van der Waals surface area contributed by atoms with E-state index < -0.39 is 5.79 Å². The van der Waals surface area contributed by atoms with E-state index in [9.17, 15) is 4.79 Å². The molecule has 2 aromatic heterocycles. The molecule has 1 saturated carbocycles. The number of carbonyl (C=O) groups is 1. The normalized spacial score (nSPS) is 23.0. The molecule has 8 nitrogen and oxygen atoms in total. The number of hydrogen-bond donors (Lipinski definition) is 0. The second-order valence-electron chi connectivity index (χ2n) is 7.01. The van der Waals surface area contributed by atoms with Gasteiger partial charge in [-0.05, 0) is 12.8 Å². The minimum atomic E-state index is -0.427. The Morgan fingerprint density at radius 1 is 1.20 bits per heavy atom. The summed E-state index contributed by atoms with van der Waals surface area (Å²) >= 11 is 1.53. The molecule has 0 atom stereocenters. The number of piperidine rings is 1. The molecule has 25 heavy (non-hydrogen) atoms. The monoisotopic (exact) mass is 363 g/mol. The van der Waals surface area contributed by atoms with E-state index in [1.54, 1.807) is 0 Å². The lowest BCUT2D eigenvalue weighted by molar-refractivity contribution is -0.187. The predicted octanol–water partition coefficient (Wildman–Crippen LogP) is 1.36. The van der Waals surface area contributed by atoms with Crippen molar-refractivity contribution in [1.29, 1.82) is 0 Å². The van der Waals surface area contributed by atoms with Gasteiger partial charge in [0.25, 0.3) is 0 Å². The first-order valence-corrected chi connectivity index (χ1v) is 9.81. The molecule has 5 rings (SSSR count). The molecule has 4 heterocycles. The predicted molar refractivity (Wildman–Crippen MR) is 89.4 cm³/mol. The number of amides is 1. The second kappa shape index (κ2) is 6.00. The highest BCUT2D eigenvalue weighted by Gasteiger charge is 2.40. The van der Waals surface area contributed by atoms with E-state index in [4.69, 9.17) is 9.47 Å². The van der Waals surface area contributed by atoms with Crippen molar-refractivity contribution in [2.45, 2.75) is 50.2 Å². The number of carbonyl (C=O) groups excluding carboxylic acids is 1. The summed E-state index contributed by atoms with van der Waals surface area (Å²) in [4.78, 5) is 15.3. The van der Waals surface area contributed by atoms with Crippen molar-refractivity contribution in [3.8, 4) is 0 Å². The molecule has 3 aliphatic rings. The summed E-state index contributed by atoms with van der Waals surface area (Å²) < 4.78 is 13.3. The van der Waals surface area contributed by atoms with Gasteiger partial charge in [-0.15, -0.1) is 10.2 Å². The van der Waals surface area contributed by atoms with Crippen molar-refractivity contribution in [3.63, 3.8) is 0 Å². The van der Waals surface area contributed by atoms with Crippen LogP contribution in [-0.4, -0.2) is 62.7 Å². The van der Waals surface area contributed by atoms with Crippen molar-refractivity contribution >= 4 is 22.2 Å². The number of nitrogens with zero attached hydrogens (tertiary/aromatic N) is 5. The topological polar surface area (TPSA) is 81.9 Å². The molecular weight excluding hydrogens is 342 g/mol. The Balaban J connectivity index is 1.18. The van der Waals surface area contributed by atoms with Gasteiger partial charge < -0.3 is 14.4 Å². The van der Waals surface area contributed by atoms with E-state index in [0.717, 1.165) is 28.6 Å². The Kier molecular flexibility index (Phi) is 3.76. The van der Waals surface area contributed by atoms with Crippen molar-refractivity contribution in [2.75, 3.05) is 26.3 Å². The zero-order valence-corrected chi connectivity index (χ0v) is 14.8. The first-order valence-electron chi connectivity index (χ1n) is 8.99. The fourth-order valence-electron chi connectivity index (χ4n) is 3.62. The maximum Gasteiger partial charge on any atom is 0.234 e. The minimum absolute atomic E-state index is 0.182. The fraction of sp³-hybridized carbons (Fsp3) is 0.750. The van der Waals surface area contributed by atoms with E-state index in [1.165, 1.54) is 24.2 Å². The zero-order valence-electron chi connectivity index (χ0n) is 14.0. The Morgan fingerprint density at radius 2 is 1.96 bits per heavy atom. The maximum atomic E-state index is 12.5. The summed E-state index contributed by atoms with van der Waals surface area (Å²) in [6.07, 6.45) is 5.02. The van der Waals surface area contributed by atoms with E-state index in [1.807, 2.05) is 9.42 Å². The van der Waals surface area contributed by atoms with Gasteiger partial charge in [0.2, 0.25) is 10.9 Å². The van der Waals surface area contributed by atoms with Crippen molar-refractivity contribution < 1.29 is 14.3 Å². The minimum Gasteiger partial charge on any atom is -0.347 e. The highest BCUT2D eigenvalue weighted by molar-refractivity contribution is 7.16. The van der Waals surface area contributed by atoms with E-state index >= 15 is 0 Å². The largest absolute Gasteiger partial charge is 0.347 e. The zero-order chi connectivity index (χ0) is 16.9. The van der Waals surface area contributed by atoms with Crippen LogP contribution in [-0.2, 0) is 20.7 Å². The molecule has 1 spiro atoms. The Bertz CT molecular complexity index is 783. The summed E-state index contributed by atoms with van der Waals surface area (Å²) in [6.45, 7) is 2.74. The van der Waals surface area contributed by atoms with E-state index in [2.05, 4.69) is 15.3 Å². The standard InChI is InChI=1S/C16H21N5O3S/c22-13(20-7-5-16(6-8-20)23-9-10-24-16)4-3-12-19-21-14(11-1-2-11)17-18-15(21)25-12/h11H,1-10H2. The van der Waals surface area contributed by atoms with Crippen LogP contribution in [0.25, 0.3) is 4.96 Å². The number of aryl methyl sites for hydroxylation is 1. The summed E-state index contributed by atoms with van der Waals surface area (Å²) in [5, 5.41) is 14.0. The molecule has 134 valence electrons. The molecular formula is C16H21N5O3S. The third-order valence-electron chi connectivity index (χ3n) is 5.24. The first-order chi connectivity index (χ1) is 12.2. The van der Waals surface area contributed by atoms with Crippen molar-refractivity contribution in [2.24, 2.45) is 0 Å². The van der Waals surface area contributed by atoms with Gasteiger partial charge in [-0.3, -0.25) is 4.79 Å². The van der Waals surface area contributed by atoms with Crippen LogP contribution in [0.4, 0.5) is 0 Å². The van der Waals surface area contributed by atoms with Gasteiger partial charge in [0, 0.05) is 44.7 Å². The van der Waals surface area contributed by atoms with Gasteiger partial charge in [-0.1, -0.05) is 11.3 Å². The van der Waals surface area contributed by atoms with Crippen LogP contribution >= 0.6 is 11.3 Å². The van der Waals surface area contributed by atoms with Gasteiger partial charge >= 0.3 is 0 Å². The van der Waals surface area contributed by atoms with Crippen LogP contribution in [0.2, 0.25) is 0 Å². The van der Waals surface area contributed by atoms with Crippen LogP contribution in [0.15, 0.2) is 0 Å². The lowest BCUT2D eigenvalue weighted by Gasteiger charge is -2.37. The summed E-state index contributed by atoms with van der Waals surface area (Å²) in [6, 6.07) is 0. The average Bonchev–Trinajstić information content (AvgIpc) is 3.04. The Morgan fingerprint density at radius 3 is 2.68 bits per heavy atom. The first kappa shape index (κ1) is 15.7. The van der Waals surface area contributed by atoms with Crippen LogP contribution in [0.1, 0.15) is 48.9 Å². The highest BCUT2D eigenvalue weighted by Crippen LogP contribution is 2.39. The number of hydrogen-bond acceptors (Lipinski definition) is 7. The Labute approximate surface area is 149 Å². The van der Waals surface area contributed by atoms with E-state index in [0.29, 0.717) is 45.1 Å². The summed E-state index contributed by atoms with van der Waals surface area (Å²) in [7, 11) is 0. The molecule has 0 unspecified atom stereocenters. The lowest BCUT2D eigenvalue weighted by Crippen LogP contribution is -2.47. The summed E-state index contributed by atoms with van der Waals surface area (Å²) in [5.41, 5.74) is 0. The van der Waals surface area contributed by atoms with Crippen LogP contribution in [0.5, 0.6) is 0 Å². The van der Waals surface area contributed by atoms with Crippen LogP contribution in [0, 0.1) is 0 Å². The number of rotatable bonds is 4. The average molecular weight is 363 g/mol. The molecule has 1 aliphatic carbocycles. The number of likely N-dealkylation sites (tertiary alicyclic amines) is 1. The third-order valence-corrected chi connectivity index (χ3v) is 6.20. The highest BCUT2D eigenvalue weighted by atomic mass is 32.1. The van der Waals surface area contributed by atoms with Crippen LogP contribution < -0.4 is 0 Å². The molecule has 0 bridgehead atoms. The van der Waals surface area contributed by atoms with Gasteiger partial charge in [-0.25, -0.2) is 0 Å². The number of ether oxygens (including phenoxy) is 2. The van der Waals surface area contributed by atoms with Gasteiger partial charge in [0.1, 0.15) is 5.01 Å². The molecule has 3 fully saturated rings. The number of fused-ring (bicyclic) bond motifs is 1. The smallest absolute Gasteiger partial charge is 0.234 e.